The summed E-state index contributed by atoms with van der Waals surface area (Å²) in [5.74, 6) is 0. The van der Waals surface area contributed by atoms with E-state index in [0.717, 1.165) is 5.56 Å². The van der Waals surface area contributed by atoms with E-state index in [9.17, 15) is 22.1 Å². The van der Waals surface area contributed by atoms with E-state index in [2.05, 4.69) is 16.0 Å². The van der Waals surface area contributed by atoms with Crippen molar-refractivity contribution in [3.63, 3.8) is 0 Å². The van der Waals surface area contributed by atoms with Gasteiger partial charge in [-0.15, -0.1) is 0 Å². The van der Waals surface area contributed by atoms with Crippen molar-refractivity contribution < 1.29 is 21.6 Å². The van der Waals surface area contributed by atoms with E-state index in [-0.39, 0.29) is 15.4 Å². The van der Waals surface area contributed by atoms with Crippen LogP contribution in [0.1, 0.15) is 11.1 Å². The number of aromatic amines is 1. The van der Waals surface area contributed by atoms with Gasteiger partial charge >= 0.3 is 0 Å². The maximum absolute atomic E-state index is 13.5. The quantitative estimate of drug-likeness (QED) is 0.521. The van der Waals surface area contributed by atoms with Gasteiger partial charge in [0, 0.05) is 48.9 Å². The van der Waals surface area contributed by atoms with Gasteiger partial charge in [-0.3, -0.25) is 4.90 Å². The first-order valence-corrected chi connectivity index (χ1v) is 14.1. The first-order chi connectivity index (χ1) is 16.6. The van der Waals surface area contributed by atoms with E-state index >= 15 is 0 Å². The summed E-state index contributed by atoms with van der Waals surface area (Å²) in [6.07, 6.45) is 1.55. The molecular formula is C23H25N5O5S2. The van der Waals surface area contributed by atoms with Crippen LogP contribution in [-0.2, 0) is 24.8 Å². The number of nitrogens with one attached hydrogen (secondary N) is 1. The van der Waals surface area contributed by atoms with E-state index in [4.69, 9.17) is 9.88 Å². The number of rotatable bonds is 5. The Labute approximate surface area is 204 Å². The molecule has 2 fully saturated rings. The summed E-state index contributed by atoms with van der Waals surface area (Å²) >= 11 is 0. The van der Waals surface area contributed by atoms with Crippen LogP contribution in [0, 0.1) is 18.3 Å². The number of ether oxygens (including phenoxy) is 1. The zero-order valence-corrected chi connectivity index (χ0v) is 20.7. The molecule has 2 aliphatic rings. The number of aromatic nitrogens is 1. The third-order valence-electron chi connectivity index (χ3n) is 6.76. The van der Waals surface area contributed by atoms with Gasteiger partial charge in [-0.25, -0.2) is 22.0 Å². The molecule has 2 aliphatic heterocycles. The second-order valence-corrected chi connectivity index (χ2v) is 12.3. The molecule has 5 rings (SSSR count). The van der Waals surface area contributed by atoms with Gasteiger partial charge in [0.2, 0.25) is 20.0 Å². The van der Waals surface area contributed by atoms with Crippen molar-refractivity contribution in [3.8, 4) is 17.2 Å². The fourth-order valence-corrected chi connectivity index (χ4v) is 6.94. The smallest absolute Gasteiger partial charge is 0.243 e. The van der Waals surface area contributed by atoms with Crippen molar-refractivity contribution in [2.24, 2.45) is 5.14 Å². The normalized spacial score (nSPS) is 18.4. The Kier molecular flexibility index (Phi) is 5.95. The van der Waals surface area contributed by atoms with Crippen molar-refractivity contribution in [1.29, 1.82) is 5.26 Å². The van der Waals surface area contributed by atoms with Crippen LogP contribution in [0.2, 0.25) is 0 Å². The van der Waals surface area contributed by atoms with E-state index < -0.39 is 20.0 Å². The molecule has 35 heavy (non-hydrogen) atoms. The monoisotopic (exact) mass is 515 g/mol. The van der Waals surface area contributed by atoms with Crippen molar-refractivity contribution >= 4 is 30.9 Å². The molecule has 12 heteroatoms. The topological polar surface area (TPSA) is 150 Å². The fraction of sp³-hybridized carbons (Fsp3) is 0.348. The van der Waals surface area contributed by atoms with Crippen LogP contribution in [0.15, 0.2) is 46.3 Å². The molecule has 0 bridgehead atoms. The number of nitriles is 1. The van der Waals surface area contributed by atoms with E-state index in [1.54, 1.807) is 18.3 Å². The third-order valence-corrected chi connectivity index (χ3v) is 9.62. The van der Waals surface area contributed by atoms with Crippen LogP contribution < -0.4 is 5.14 Å². The molecule has 2 aromatic carbocycles. The average Bonchev–Trinajstić information content (AvgIpc) is 3.23. The predicted octanol–water partition coefficient (Wildman–Crippen LogP) is 1.37. The maximum Gasteiger partial charge on any atom is 0.243 e. The van der Waals surface area contributed by atoms with Crippen molar-refractivity contribution in [2.45, 2.75) is 22.8 Å². The minimum Gasteiger partial charge on any atom is -0.378 e. The van der Waals surface area contributed by atoms with Gasteiger partial charge in [-0.05, 0) is 30.7 Å². The molecule has 0 spiro atoms. The molecule has 0 atom stereocenters. The molecule has 0 radical (unpaired) electrons. The minimum absolute atomic E-state index is 0.0129. The Morgan fingerprint density at radius 1 is 1.06 bits per heavy atom. The molecule has 10 nitrogen and oxygen atoms in total. The maximum atomic E-state index is 13.5. The van der Waals surface area contributed by atoms with Crippen molar-refractivity contribution in [2.75, 3.05) is 39.4 Å². The molecule has 184 valence electrons. The van der Waals surface area contributed by atoms with Gasteiger partial charge in [-0.2, -0.15) is 9.57 Å². The summed E-state index contributed by atoms with van der Waals surface area (Å²) in [4.78, 5) is 5.07. The van der Waals surface area contributed by atoms with Crippen LogP contribution in [0.5, 0.6) is 0 Å². The lowest BCUT2D eigenvalue weighted by Gasteiger charge is -2.42. The molecule has 0 amide bonds. The molecule has 2 saturated heterocycles. The van der Waals surface area contributed by atoms with Gasteiger partial charge in [0.25, 0.3) is 0 Å². The number of hydrogen-bond donors (Lipinski definition) is 2. The van der Waals surface area contributed by atoms with Gasteiger partial charge in [0.1, 0.15) is 6.07 Å². The molecule has 3 aromatic rings. The Morgan fingerprint density at radius 3 is 2.37 bits per heavy atom. The molecule has 0 aliphatic carbocycles. The summed E-state index contributed by atoms with van der Waals surface area (Å²) in [7, 11) is -8.04. The summed E-state index contributed by atoms with van der Waals surface area (Å²) < 4.78 is 58.5. The van der Waals surface area contributed by atoms with Gasteiger partial charge in [0.15, 0.2) is 0 Å². The SMILES string of the molecule is Cc1ccc(-c2cc(S(=O)(=O)N3CCN(C4COC4)CC3)ccc2S(N)(=O)=O)c2[nH]cc(C#N)c12. The van der Waals surface area contributed by atoms with Gasteiger partial charge in [-0.1, -0.05) is 12.1 Å². The lowest BCUT2D eigenvalue weighted by molar-refractivity contribution is -0.0721. The van der Waals surface area contributed by atoms with Crippen LogP contribution in [-0.4, -0.2) is 76.5 Å². The predicted molar refractivity (Wildman–Crippen MR) is 129 cm³/mol. The molecule has 3 N–H and O–H groups in total. The number of primary sulfonamides is 1. The summed E-state index contributed by atoms with van der Waals surface area (Å²) in [5, 5.41) is 15.6. The highest BCUT2D eigenvalue weighted by Gasteiger charge is 2.34. The van der Waals surface area contributed by atoms with Gasteiger partial charge in [0.05, 0.1) is 40.1 Å². The van der Waals surface area contributed by atoms with Crippen molar-refractivity contribution in [1.82, 2.24) is 14.2 Å². The van der Waals surface area contributed by atoms with E-state index in [0.29, 0.717) is 67.5 Å². The second kappa shape index (κ2) is 8.70. The lowest BCUT2D eigenvalue weighted by Crippen LogP contribution is -2.57. The number of aryl methyl sites for hydroxylation is 1. The van der Waals surface area contributed by atoms with Crippen LogP contribution in [0.25, 0.3) is 22.0 Å². The summed E-state index contributed by atoms with van der Waals surface area (Å²) in [6, 6.07) is 9.81. The first kappa shape index (κ1) is 23.9. The van der Waals surface area contributed by atoms with Crippen molar-refractivity contribution in [3.05, 3.63) is 47.7 Å². The highest BCUT2D eigenvalue weighted by molar-refractivity contribution is 7.89. The Hall–Kier alpha value is -2.79. The van der Waals surface area contributed by atoms with E-state index in [1.165, 1.54) is 22.5 Å². The average molecular weight is 516 g/mol. The van der Waals surface area contributed by atoms with Crippen LogP contribution in [0.4, 0.5) is 0 Å². The zero-order valence-electron chi connectivity index (χ0n) is 19.1. The van der Waals surface area contributed by atoms with Crippen LogP contribution >= 0.6 is 0 Å². The lowest BCUT2D eigenvalue weighted by atomic mass is 9.99. The fourth-order valence-electron chi connectivity index (χ4n) is 4.75. The molecule has 0 saturated carbocycles. The number of sulfonamides is 2. The number of benzene rings is 2. The Bertz CT molecular complexity index is 1560. The minimum atomic E-state index is -4.17. The molecule has 1 aromatic heterocycles. The number of fused-ring (bicyclic) bond motifs is 1. The third kappa shape index (κ3) is 4.14. The number of piperazine rings is 1. The number of hydrogen-bond acceptors (Lipinski definition) is 7. The Morgan fingerprint density at radius 2 is 1.77 bits per heavy atom. The Balaban J connectivity index is 1.59. The second-order valence-electron chi connectivity index (χ2n) is 8.83. The highest BCUT2D eigenvalue weighted by Crippen LogP contribution is 2.37. The first-order valence-electron chi connectivity index (χ1n) is 11.1. The number of nitrogens with zero attached hydrogens (tertiary/aromatic N) is 3. The molecule has 3 heterocycles. The number of nitrogens with two attached hydrogens (primary N) is 1. The summed E-state index contributed by atoms with van der Waals surface area (Å²) in [6.45, 7) is 5.06. The highest BCUT2D eigenvalue weighted by atomic mass is 32.2. The van der Waals surface area contributed by atoms with E-state index in [1.807, 2.05) is 6.92 Å². The number of H-pyrrole nitrogens is 1. The molecule has 0 unspecified atom stereocenters. The largest absolute Gasteiger partial charge is 0.378 e. The summed E-state index contributed by atoms with van der Waals surface area (Å²) in [5.41, 5.74) is 2.39. The molecular weight excluding hydrogens is 490 g/mol. The zero-order chi connectivity index (χ0) is 25.0. The van der Waals surface area contributed by atoms with Gasteiger partial charge < -0.3 is 9.72 Å². The van der Waals surface area contributed by atoms with Crippen LogP contribution in [0.3, 0.4) is 0 Å². The standard InChI is InChI=1S/C23H25N5O5S2/c1-15-2-4-19(23-22(15)16(11-24)12-26-23)20-10-18(3-5-21(20)34(25,29)30)35(31,32)28-8-6-27(7-9-28)17-13-33-14-17/h2-5,10,12,17,26H,6-9,13-14H2,1H3,(H2,25,29,30).